The Kier molecular flexibility index (Phi) is 6.25. The van der Waals surface area contributed by atoms with Crippen molar-refractivity contribution in [2.75, 3.05) is 5.75 Å². The number of rotatable bonds is 6. The number of aryl methyl sites for hydroxylation is 2. The molecule has 0 unspecified atom stereocenters. The number of hydrogen-bond acceptors (Lipinski definition) is 6. The second-order valence-corrected chi connectivity index (χ2v) is 10.5. The molecule has 0 radical (unpaired) electrons. The van der Waals surface area contributed by atoms with Crippen molar-refractivity contribution in [1.82, 2.24) is 14.5 Å². The van der Waals surface area contributed by atoms with Crippen molar-refractivity contribution in [2.45, 2.75) is 25.5 Å². The summed E-state index contributed by atoms with van der Waals surface area (Å²) in [6, 6.07) is 16.9. The number of aromatic nitrogens is 3. The zero-order valence-corrected chi connectivity index (χ0v) is 20.9. The summed E-state index contributed by atoms with van der Waals surface area (Å²) in [7, 11) is 0. The number of carbonyl (C=O) groups is 1. The van der Waals surface area contributed by atoms with Gasteiger partial charge in [-0.25, -0.2) is 9.97 Å². The minimum absolute atomic E-state index is 0.00623. The number of halogens is 1. The maximum absolute atomic E-state index is 13.6. The molecule has 0 N–H and O–H groups in total. The quantitative estimate of drug-likeness (QED) is 0.154. The molecule has 3 heterocycles. The number of carbonyl (C=O) groups excluding carboxylic acids is 1. The van der Waals surface area contributed by atoms with Crippen molar-refractivity contribution in [3.05, 3.63) is 98.4 Å². The molecule has 0 saturated carbocycles. The van der Waals surface area contributed by atoms with Gasteiger partial charge in [0.25, 0.3) is 5.56 Å². The van der Waals surface area contributed by atoms with Gasteiger partial charge < -0.3 is 0 Å². The second kappa shape index (κ2) is 9.33. The zero-order chi connectivity index (χ0) is 23.8. The third-order valence-corrected chi connectivity index (χ3v) is 7.91. The predicted molar refractivity (Wildman–Crippen MR) is 141 cm³/mol. The van der Waals surface area contributed by atoms with Gasteiger partial charge in [-0.05, 0) is 49.2 Å². The highest BCUT2D eigenvalue weighted by Crippen LogP contribution is 2.31. The van der Waals surface area contributed by atoms with Crippen LogP contribution in [0.3, 0.4) is 0 Å². The van der Waals surface area contributed by atoms with E-state index in [0.717, 1.165) is 26.9 Å². The van der Waals surface area contributed by atoms with Crippen LogP contribution in [0.1, 0.15) is 27.0 Å². The van der Waals surface area contributed by atoms with E-state index in [1.165, 1.54) is 23.1 Å². The van der Waals surface area contributed by atoms with Gasteiger partial charge >= 0.3 is 0 Å². The van der Waals surface area contributed by atoms with Crippen LogP contribution in [0.5, 0.6) is 0 Å². The molecule has 0 aliphatic heterocycles. The van der Waals surface area contributed by atoms with E-state index >= 15 is 0 Å². The summed E-state index contributed by atoms with van der Waals surface area (Å²) in [5.41, 5.74) is 4.17. The average Bonchev–Trinajstić information content (AvgIpc) is 3.20. The van der Waals surface area contributed by atoms with E-state index < -0.39 is 0 Å². The van der Waals surface area contributed by atoms with E-state index in [2.05, 4.69) is 4.98 Å². The van der Waals surface area contributed by atoms with Gasteiger partial charge in [0.1, 0.15) is 9.53 Å². The van der Waals surface area contributed by atoms with Crippen LogP contribution in [0.4, 0.5) is 0 Å². The van der Waals surface area contributed by atoms with Gasteiger partial charge in [-0.1, -0.05) is 59.3 Å². The Bertz CT molecular complexity index is 1610. The molecule has 2 aromatic carbocycles. The van der Waals surface area contributed by atoms with E-state index in [-0.39, 0.29) is 17.1 Å². The van der Waals surface area contributed by atoms with Gasteiger partial charge in [-0.15, -0.1) is 11.3 Å². The van der Waals surface area contributed by atoms with E-state index in [1.807, 2.05) is 56.3 Å². The first-order valence-corrected chi connectivity index (χ1v) is 12.8. The number of nitrogens with zero attached hydrogens (tertiary/aromatic N) is 3. The fraction of sp³-hybridized carbons (Fsp3) is 0.154. The van der Waals surface area contributed by atoms with E-state index in [9.17, 15) is 9.59 Å². The highest BCUT2D eigenvalue weighted by molar-refractivity contribution is 7.99. The summed E-state index contributed by atoms with van der Waals surface area (Å²) in [6.45, 7) is 4.28. The Hall–Kier alpha value is -3.00. The van der Waals surface area contributed by atoms with Crippen molar-refractivity contribution in [3.8, 4) is 0 Å². The maximum Gasteiger partial charge on any atom is 0.272 e. The van der Waals surface area contributed by atoms with Crippen LogP contribution in [0.25, 0.3) is 20.4 Å². The van der Waals surface area contributed by atoms with Gasteiger partial charge in [0, 0.05) is 22.2 Å². The summed E-state index contributed by atoms with van der Waals surface area (Å²) in [6.07, 6.45) is 1.71. The molecule has 0 saturated heterocycles. The third-order valence-electron chi connectivity index (χ3n) is 5.59. The maximum atomic E-state index is 13.6. The number of ketones is 1. The van der Waals surface area contributed by atoms with E-state index in [0.29, 0.717) is 32.5 Å². The fourth-order valence-corrected chi connectivity index (χ4v) is 5.93. The topological polar surface area (TPSA) is 64.8 Å². The first kappa shape index (κ1) is 22.8. The number of hydrogen-bond donors (Lipinski definition) is 0. The lowest BCUT2D eigenvalue weighted by Crippen LogP contribution is -2.23. The summed E-state index contributed by atoms with van der Waals surface area (Å²) in [4.78, 5) is 36.6. The molecular formula is C26H20ClN3O2S2. The predicted octanol–water partition coefficient (Wildman–Crippen LogP) is 6.30. The monoisotopic (exact) mass is 505 g/mol. The first-order chi connectivity index (χ1) is 16.4. The normalized spacial score (nSPS) is 11.4. The van der Waals surface area contributed by atoms with Crippen molar-refractivity contribution in [2.24, 2.45) is 0 Å². The molecule has 5 rings (SSSR count). The molecule has 5 aromatic rings. The molecule has 0 fully saturated rings. The Balaban J connectivity index is 1.57. The van der Waals surface area contributed by atoms with Gasteiger partial charge in [-0.3, -0.25) is 14.2 Å². The summed E-state index contributed by atoms with van der Waals surface area (Å²) in [5.74, 6) is 0.190. The molecule has 5 nitrogen and oxygen atoms in total. The molecule has 0 aliphatic carbocycles. The van der Waals surface area contributed by atoms with Crippen molar-refractivity contribution >= 4 is 60.9 Å². The second-order valence-electron chi connectivity index (χ2n) is 8.08. The van der Waals surface area contributed by atoms with Crippen LogP contribution in [-0.2, 0) is 6.54 Å². The lowest BCUT2D eigenvalue weighted by atomic mass is 10.0. The van der Waals surface area contributed by atoms with E-state index in [4.69, 9.17) is 16.6 Å². The SMILES string of the molecule is Cc1ccc(C(=O)CSc2nc3c(sc4ncccc43)c(=O)n2Cc2ccc(Cl)cc2)c(C)c1. The molecule has 0 spiro atoms. The van der Waals surface area contributed by atoms with Crippen molar-refractivity contribution in [1.29, 1.82) is 0 Å². The highest BCUT2D eigenvalue weighted by atomic mass is 35.5. The smallest absolute Gasteiger partial charge is 0.272 e. The highest BCUT2D eigenvalue weighted by Gasteiger charge is 2.19. The van der Waals surface area contributed by atoms with Gasteiger partial charge in [0.15, 0.2) is 10.9 Å². The third kappa shape index (κ3) is 4.39. The van der Waals surface area contributed by atoms with Gasteiger partial charge in [0.2, 0.25) is 0 Å². The Morgan fingerprint density at radius 1 is 1.12 bits per heavy atom. The molecule has 34 heavy (non-hydrogen) atoms. The van der Waals surface area contributed by atoms with E-state index in [1.54, 1.807) is 22.9 Å². The van der Waals surface area contributed by atoms with Crippen molar-refractivity contribution < 1.29 is 4.79 Å². The molecule has 0 bridgehead atoms. The Labute approximate surface area is 209 Å². The number of Topliss-reactive ketones (excluding diaryl/α,β-unsaturated/α-hetero) is 1. The molecule has 8 heteroatoms. The number of thioether (sulfide) groups is 1. The molecule has 0 aliphatic rings. The lowest BCUT2D eigenvalue weighted by Gasteiger charge is -2.13. The van der Waals surface area contributed by atoms with Gasteiger partial charge in [0.05, 0.1) is 17.8 Å². The minimum Gasteiger partial charge on any atom is -0.293 e. The Morgan fingerprint density at radius 3 is 2.68 bits per heavy atom. The van der Waals surface area contributed by atoms with Crippen LogP contribution >= 0.6 is 34.7 Å². The number of thiophene rings is 1. The molecule has 170 valence electrons. The van der Waals surface area contributed by atoms with Crippen molar-refractivity contribution in [3.63, 3.8) is 0 Å². The largest absolute Gasteiger partial charge is 0.293 e. The van der Waals surface area contributed by atoms with Crippen LogP contribution in [0, 0.1) is 13.8 Å². The molecule has 3 aromatic heterocycles. The van der Waals surface area contributed by atoms with Crippen LogP contribution in [0.2, 0.25) is 5.02 Å². The number of benzene rings is 2. The molecule has 0 amide bonds. The lowest BCUT2D eigenvalue weighted by molar-refractivity contribution is 0.102. The summed E-state index contributed by atoms with van der Waals surface area (Å²) < 4.78 is 2.20. The minimum atomic E-state index is -0.135. The standard InChI is InChI=1S/C26H20ClN3O2S2/c1-15-5-10-19(16(2)12-15)21(31)14-33-26-29-22-20-4-3-11-28-24(20)34-23(22)25(32)30(26)13-17-6-8-18(27)9-7-17/h3-12H,13-14H2,1-2H3. The Morgan fingerprint density at radius 2 is 1.91 bits per heavy atom. The van der Waals surface area contributed by atoms with Crippen LogP contribution in [-0.4, -0.2) is 26.1 Å². The first-order valence-electron chi connectivity index (χ1n) is 10.7. The van der Waals surface area contributed by atoms with Crippen LogP contribution < -0.4 is 5.56 Å². The zero-order valence-electron chi connectivity index (χ0n) is 18.5. The molecule has 0 atom stereocenters. The average molecular weight is 506 g/mol. The van der Waals surface area contributed by atoms with Crippen LogP contribution in [0.15, 0.2) is 70.7 Å². The van der Waals surface area contributed by atoms with Gasteiger partial charge in [-0.2, -0.15) is 0 Å². The fourth-order valence-electron chi connectivity index (χ4n) is 3.90. The summed E-state index contributed by atoms with van der Waals surface area (Å²) >= 11 is 8.67. The number of pyridine rings is 1. The summed E-state index contributed by atoms with van der Waals surface area (Å²) in [5, 5.41) is 1.99. The molecular weight excluding hydrogens is 486 g/mol. The number of fused-ring (bicyclic) bond motifs is 3.